The van der Waals surface area contributed by atoms with Crippen molar-refractivity contribution < 1.29 is 13.2 Å². The maximum Gasteiger partial charge on any atom is 0.261 e. The fourth-order valence-corrected chi connectivity index (χ4v) is 3.54. The van der Waals surface area contributed by atoms with Crippen LogP contribution in [0.3, 0.4) is 0 Å². The van der Waals surface area contributed by atoms with Crippen LogP contribution in [0.2, 0.25) is 5.02 Å². The van der Waals surface area contributed by atoms with Crippen LogP contribution < -0.4 is 9.46 Å². The highest BCUT2D eigenvalue weighted by Gasteiger charge is 2.15. The molecule has 118 valence electrons. The normalized spacial score (nSPS) is 11.4. The highest BCUT2D eigenvalue weighted by atomic mass is 35.5. The van der Waals surface area contributed by atoms with E-state index in [4.69, 9.17) is 16.3 Å². The first-order valence-corrected chi connectivity index (χ1v) is 8.70. The van der Waals surface area contributed by atoms with Gasteiger partial charge in [0, 0.05) is 5.02 Å². The Morgan fingerprint density at radius 3 is 2.43 bits per heavy atom. The van der Waals surface area contributed by atoms with Crippen LogP contribution >= 0.6 is 11.6 Å². The van der Waals surface area contributed by atoms with Gasteiger partial charge in [-0.15, -0.1) is 0 Å². The molecule has 3 aromatic rings. The van der Waals surface area contributed by atoms with Crippen molar-refractivity contribution in [1.82, 2.24) is 0 Å². The molecule has 0 saturated heterocycles. The standard InChI is InChI=1S/C17H14ClNO3S/c1-22-16-7-5-13-10-17(8-6-12(13)9-16)23(20,21)19-15-4-2-3-14(18)11-15/h2-11,19H,1H3. The lowest BCUT2D eigenvalue weighted by Gasteiger charge is -2.10. The number of methoxy groups -OCH3 is 1. The molecule has 0 bridgehead atoms. The molecule has 0 atom stereocenters. The summed E-state index contributed by atoms with van der Waals surface area (Å²) in [5, 5.41) is 2.20. The van der Waals surface area contributed by atoms with Crippen LogP contribution in [0.5, 0.6) is 5.75 Å². The summed E-state index contributed by atoms with van der Waals surface area (Å²) in [4.78, 5) is 0.190. The molecule has 0 saturated carbocycles. The third-order valence-corrected chi connectivity index (χ3v) is 5.02. The maximum atomic E-state index is 12.5. The fourth-order valence-electron chi connectivity index (χ4n) is 2.26. The lowest BCUT2D eigenvalue weighted by Crippen LogP contribution is -2.12. The van der Waals surface area contributed by atoms with E-state index in [1.807, 2.05) is 12.1 Å². The summed E-state index contributed by atoms with van der Waals surface area (Å²) in [5.74, 6) is 0.727. The van der Waals surface area contributed by atoms with Crippen LogP contribution in [0.25, 0.3) is 10.8 Å². The summed E-state index contributed by atoms with van der Waals surface area (Å²) in [6, 6.07) is 17.0. The van der Waals surface area contributed by atoms with Gasteiger partial charge in [0.1, 0.15) is 5.75 Å². The first-order valence-electron chi connectivity index (χ1n) is 6.84. The van der Waals surface area contributed by atoms with Gasteiger partial charge >= 0.3 is 0 Å². The smallest absolute Gasteiger partial charge is 0.261 e. The summed E-state index contributed by atoms with van der Waals surface area (Å²) in [6.07, 6.45) is 0. The summed E-state index contributed by atoms with van der Waals surface area (Å²) in [7, 11) is -2.08. The molecular formula is C17H14ClNO3S. The van der Waals surface area contributed by atoms with Crippen LogP contribution in [0.4, 0.5) is 5.69 Å². The van der Waals surface area contributed by atoms with Crippen LogP contribution in [0, 0.1) is 0 Å². The minimum atomic E-state index is -3.68. The van der Waals surface area contributed by atoms with Crippen molar-refractivity contribution in [3.05, 3.63) is 65.7 Å². The van der Waals surface area contributed by atoms with E-state index in [9.17, 15) is 8.42 Å². The third-order valence-electron chi connectivity index (χ3n) is 3.41. The second-order valence-corrected chi connectivity index (χ2v) is 7.11. The number of sulfonamides is 1. The van der Waals surface area contributed by atoms with Crippen molar-refractivity contribution >= 4 is 38.1 Å². The van der Waals surface area contributed by atoms with Crippen LogP contribution in [-0.2, 0) is 10.0 Å². The Hall–Kier alpha value is -2.24. The molecule has 4 nitrogen and oxygen atoms in total. The Morgan fingerprint density at radius 1 is 0.957 bits per heavy atom. The number of anilines is 1. The van der Waals surface area contributed by atoms with E-state index in [0.29, 0.717) is 10.7 Å². The molecule has 3 rings (SSSR count). The van der Waals surface area contributed by atoms with Gasteiger partial charge in [0.05, 0.1) is 17.7 Å². The van der Waals surface area contributed by atoms with Crippen LogP contribution in [0.1, 0.15) is 0 Å². The van der Waals surface area contributed by atoms with E-state index in [1.54, 1.807) is 55.6 Å². The summed E-state index contributed by atoms with van der Waals surface area (Å²) < 4.78 is 32.7. The van der Waals surface area contributed by atoms with Crippen molar-refractivity contribution in [3.8, 4) is 5.75 Å². The number of benzene rings is 3. The Bertz CT molecular complexity index is 970. The third kappa shape index (κ3) is 3.41. The first kappa shape index (κ1) is 15.6. The van der Waals surface area contributed by atoms with E-state index in [0.717, 1.165) is 16.5 Å². The second kappa shape index (κ2) is 6.10. The van der Waals surface area contributed by atoms with Gasteiger partial charge in [-0.3, -0.25) is 4.72 Å². The van der Waals surface area contributed by atoms with E-state index < -0.39 is 10.0 Å². The Morgan fingerprint density at radius 2 is 1.70 bits per heavy atom. The first-order chi connectivity index (χ1) is 11.0. The summed E-state index contributed by atoms with van der Waals surface area (Å²) >= 11 is 5.88. The molecule has 0 fully saturated rings. The van der Waals surface area contributed by atoms with E-state index in [1.165, 1.54) is 0 Å². The zero-order valence-corrected chi connectivity index (χ0v) is 13.9. The molecule has 6 heteroatoms. The van der Waals surface area contributed by atoms with Crippen molar-refractivity contribution in [2.24, 2.45) is 0 Å². The molecule has 0 aliphatic carbocycles. The summed E-state index contributed by atoms with van der Waals surface area (Å²) in [6.45, 7) is 0. The number of hydrogen-bond acceptors (Lipinski definition) is 3. The van der Waals surface area contributed by atoms with Gasteiger partial charge in [0.25, 0.3) is 10.0 Å². The van der Waals surface area contributed by atoms with Crippen molar-refractivity contribution in [2.75, 3.05) is 11.8 Å². The van der Waals surface area contributed by atoms with Gasteiger partial charge < -0.3 is 4.74 Å². The van der Waals surface area contributed by atoms with Gasteiger partial charge in [-0.1, -0.05) is 29.8 Å². The molecule has 1 N–H and O–H groups in total. The molecule has 0 aliphatic rings. The average Bonchev–Trinajstić information content (AvgIpc) is 2.53. The largest absolute Gasteiger partial charge is 0.497 e. The van der Waals surface area contributed by atoms with E-state index in [-0.39, 0.29) is 4.90 Å². The molecule has 0 aromatic heterocycles. The van der Waals surface area contributed by atoms with Gasteiger partial charge in [-0.05, 0) is 53.2 Å². The van der Waals surface area contributed by atoms with Crippen molar-refractivity contribution in [1.29, 1.82) is 0 Å². The molecule has 0 heterocycles. The minimum absolute atomic E-state index is 0.190. The van der Waals surface area contributed by atoms with Crippen molar-refractivity contribution in [2.45, 2.75) is 4.90 Å². The SMILES string of the molecule is COc1ccc2cc(S(=O)(=O)Nc3cccc(Cl)c3)ccc2c1. The fraction of sp³-hybridized carbons (Fsp3) is 0.0588. The molecular weight excluding hydrogens is 334 g/mol. The number of nitrogens with one attached hydrogen (secondary N) is 1. The number of ether oxygens (including phenoxy) is 1. The Kier molecular flexibility index (Phi) is 4.15. The summed E-state index contributed by atoms with van der Waals surface area (Å²) in [5.41, 5.74) is 0.423. The number of fused-ring (bicyclic) bond motifs is 1. The molecule has 0 amide bonds. The van der Waals surface area contributed by atoms with Gasteiger partial charge in [0.15, 0.2) is 0 Å². The molecule has 0 radical (unpaired) electrons. The van der Waals surface area contributed by atoms with Gasteiger partial charge in [-0.2, -0.15) is 0 Å². The molecule has 0 unspecified atom stereocenters. The van der Waals surface area contributed by atoms with Crippen LogP contribution in [-0.4, -0.2) is 15.5 Å². The monoisotopic (exact) mass is 347 g/mol. The second-order valence-electron chi connectivity index (χ2n) is 4.99. The van der Waals surface area contributed by atoms with Gasteiger partial charge in [-0.25, -0.2) is 8.42 Å². The molecule has 23 heavy (non-hydrogen) atoms. The predicted octanol–water partition coefficient (Wildman–Crippen LogP) is 4.30. The lowest BCUT2D eigenvalue weighted by molar-refractivity contribution is 0.415. The predicted molar refractivity (Wildman–Crippen MR) is 92.8 cm³/mol. The van der Waals surface area contributed by atoms with E-state index >= 15 is 0 Å². The Balaban J connectivity index is 1.97. The molecule has 0 aliphatic heterocycles. The molecule has 3 aromatic carbocycles. The zero-order valence-electron chi connectivity index (χ0n) is 12.3. The topological polar surface area (TPSA) is 55.4 Å². The van der Waals surface area contributed by atoms with E-state index in [2.05, 4.69) is 4.72 Å². The number of hydrogen-bond donors (Lipinski definition) is 1. The quantitative estimate of drug-likeness (QED) is 0.765. The Labute approximate surface area is 139 Å². The number of rotatable bonds is 4. The van der Waals surface area contributed by atoms with Gasteiger partial charge in [0.2, 0.25) is 0 Å². The maximum absolute atomic E-state index is 12.5. The average molecular weight is 348 g/mol. The lowest BCUT2D eigenvalue weighted by atomic mass is 10.1. The minimum Gasteiger partial charge on any atom is -0.497 e. The highest BCUT2D eigenvalue weighted by molar-refractivity contribution is 7.92. The van der Waals surface area contributed by atoms with Crippen molar-refractivity contribution in [3.63, 3.8) is 0 Å². The highest BCUT2D eigenvalue weighted by Crippen LogP contribution is 2.25. The molecule has 0 spiro atoms. The number of halogens is 1. The zero-order chi connectivity index (χ0) is 16.4. The van der Waals surface area contributed by atoms with Crippen LogP contribution in [0.15, 0.2) is 65.6 Å².